The summed E-state index contributed by atoms with van der Waals surface area (Å²) in [6.07, 6.45) is 3.84. The van der Waals surface area contributed by atoms with Gasteiger partial charge in [-0.3, -0.25) is 14.9 Å². The molecule has 2 aromatic heterocycles. The molecule has 0 atom stereocenters. The summed E-state index contributed by atoms with van der Waals surface area (Å²) in [5.74, 6) is 1.99. The van der Waals surface area contributed by atoms with Crippen LogP contribution in [0.1, 0.15) is 41.8 Å². The van der Waals surface area contributed by atoms with Gasteiger partial charge in [0.25, 0.3) is 11.6 Å². The number of nitro benzene ring substituents is 1. The molecular weight excluding hydrogens is 496 g/mol. The van der Waals surface area contributed by atoms with Crippen molar-refractivity contribution in [2.24, 2.45) is 5.92 Å². The Kier molecular flexibility index (Phi) is 7.44. The van der Waals surface area contributed by atoms with Crippen molar-refractivity contribution in [1.29, 1.82) is 0 Å². The number of furan rings is 1. The number of anilines is 2. The number of hydrogen-bond donors (Lipinski definition) is 2. The minimum Gasteiger partial charge on any atom is -0.451 e. The standard InChI is InChI=1S/C29H32N6O4/c1-18-8-13-22(24(16-18)35(37)38)25-14-15-26(39-25)28(36)30-17-19-9-11-20(12-10-19)31-29-32-23-7-5-4-6-21(23)27(33-29)34(2)3/h4-8,13-16,19-20H,9-12,17H2,1-3H3,(H,30,36)(H,31,32,33)/t19-,20+. The molecule has 10 nitrogen and oxygen atoms in total. The van der Waals surface area contributed by atoms with Crippen molar-refractivity contribution in [3.05, 3.63) is 76.0 Å². The zero-order valence-corrected chi connectivity index (χ0v) is 22.3. The molecule has 1 amide bonds. The van der Waals surface area contributed by atoms with E-state index in [2.05, 4.69) is 10.6 Å². The molecule has 10 heteroatoms. The fourth-order valence-corrected chi connectivity index (χ4v) is 5.09. The van der Waals surface area contributed by atoms with Gasteiger partial charge in [0.15, 0.2) is 5.76 Å². The van der Waals surface area contributed by atoms with Crippen molar-refractivity contribution in [2.75, 3.05) is 30.9 Å². The Morgan fingerprint density at radius 1 is 1.08 bits per heavy atom. The number of hydrogen-bond acceptors (Lipinski definition) is 8. The second kappa shape index (κ2) is 11.1. The second-order valence-corrected chi connectivity index (χ2v) is 10.3. The van der Waals surface area contributed by atoms with Crippen molar-refractivity contribution in [1.82, 2.24) is 15.3 Å². The molecule has 2 N–H and O–H groups in total. The van der Waals surface area contributed by atoms with E-state index in [0.717, 1.165) is 48.0 Å². The van der Waals surface area contributed by atoms with E-state index < -0.39 is 4.92 Å². The van der Waals surface area contributed by atoms with E-state index in [1.54, 1.807) is 31.2 Å². The number of fused-ring (bicyclic) bond motifs is 1. The van der Waals surface area contributed by atoms with Crippen molar-refractivity contribution >= 4 is 34.3 Å². The minimum atomic E-state index is -0.441. The van der Waals surface area contributed by atoms with Crippen LogP contribution in [0.5, 0.6) is 0 Å². The Hall–Kier alpha value is -4.47. The van der Waals surface area contributed by atoms with Crippen LogP contribution in [0.15, 0.2) is 59.0 Å². The van der Waals surface area contributed by atoms with Gasteiger partial charge in [0.1, 0.15) is 11.6 Å². The lowest BCUT2D eigenvalue weighted by Gasteiger charge is -2.29. The molecule has 39 heavy (non-hydrogen) atoms. The van der Waals surface area contributed by atoms with Crippen molar-refractivity contribution in [2.45, 2.75) is 38.6 Å². The molecule has 5 rings (SSSR count). The first-order valence-electron chi connectivity index (χ1n) is 13.1. The van der Waals surface area contributed by atoms with E-state index in [-0.39, 0.29) is 23.4 Å². The molecule has 2 aromatic carbocycles. The predicted octanol–water partition coefficient (Wildman–Crippen LogP) is 5.57. The molecule has 1 saturated carbocycles. The summed E-state index contributed by atoms with van der Waals surface area (Å²) in [4.78, 5) is 35.2. The summed E-state index contributed by atoms with van der Waals surface area (Å²) >= 11 is 0. The van der Waals surface area contributed by atoms with Crippen molar-refractivity contribution in [3.8, 4) is 11.3 Å². The number of aromatic nitrogens is 2. The predicted molar refractivity (Wildman–Crippen MR) is 151 cm³/mol. The average Bonchev–Trinajstić information content (AvgIpc) is 3.42. The quantitative estimate of drug-likeness (QED) is 0.224. The van der Waals surface area contributed by atoms with Gasteiger partial charge < -0.3 is 20.0 Å². The van der Waals surface area contributed by atoms with E-state index in [4.69, 9.17) is 14.4 Å². The van der Waals surface area contributed by atoms with Crippen LogP contribution in [0.4, 0.5) is 17.5 Å². The van der Waals surface area contributed by atoms with Gasteiger partial charge in [0.05, 0.1) is 16.0 Å². The van der Waals surface area contributed by atoms with E-state index in [1.165, 1.54) is 6.07 Å². The van der Waals surface area contributed by atoms with E-state index in [0.29, 0.717) is 29.7 Å². The van der Waals surface area contributed by atoms with E-state index in [9.17, 15) is 14.9 Å². The van der Waals surface area contributed by atoms with Crippen LogP contribution in [0.3, 0.4) is 0 Å². The van der Waals surface area contributed by atoms with E-state index >= 15 is 0 Å². The Balaban J connectivity index is 1.15. The summed E-state index contributed by atoms with van der Waals surface area (Å²) in [5.41, 5.74) is 1.99. The number of rotatable bonds is 8. The van der Waals surface area contributed by atoms with Crippen molar-refractivity contribution in [3.63, 3.8) is 0 Å². The van der Waals surface area contributed by atoms with Crippen molar-refractivity contribution < 1.29 is 14.1 Å². The van der Waals surface area contributed by atoms with Crippen LogP contribution in [-0.2, 0) is 0 Å². The molecular formula is C29H32N6O4. The summed E-state index contributed by atoms with van der Waals surface area (Å²) in [6, 6.07) is 16.3. The third-order valence-corrected chi connectivity index (χ3v) is 7.18. The third-order valence-electron chi connectivity index (χ3n) is 7.18. The van der Waals surface area contributed by atoms with Gasteiger partial charge in [-0.2, -0.15) is 4.98 Å². The zero-order chi connectivity index (χ0) is 27.5. The van der Waals surface area contributed by atoms with Crippen LogP contribution < -0.4 is 15.5 Å². The molecule has 1 fully saturated rings. The van der Waals surface area contributed by atoms with E-state index in [1.807, 2.05) is 43.3 Å². The normalized spacial score (nSPS) is 17.1. The first-order chi connectivity index (χ1) is 18.8. The Labute approximate surface area is 226 Å². The monoisotopic (exact) mass is 528 g/mol. The maximum atomic E-state index is 12.7. The smallest absolute Gasteiger partial charge is 0.287 e. The number of nitrogens with zero attached hydrogens (tertiary/aromatic N) is 4. The SMILES string of the molecule is Cc1ccc(-c2ccc(C(=O)NC[C@H]3CC[C@@H](Nc4nc(N(C)C)c5ccccc5n4)CC3)o2)c([N+](=O)[O-])c1. The van der Waals surface area contributed by atoms with Gasteiger partial charge in [0.2, 0.25) is 5.95 Å². The molecule has 0 aliphatic heterocycles. The van der Waals surface area contributed by atoms with Crippen LogP contribution in [0, 0.1) is 23.0 Å². The molecule has 0 unspecified atom stereocenters. The van der Waals surface area contributed by atoms with Crippen LogP contribution in [0.25, 0.3) is 22.2 Å². The Morgan fingerprint density at radius 2 is 1.85 bits per heavy atom. The number of carbonyl (C=O) groups excluding carboxylic acids is 1. The topological polar surface area (TPSA) is 126 Å². The Bertz CT molecular complexity index is 1510. The molecule has 4 aromatic rings. The van der Waals surface area contributed by atoms with Gasteiger partial charge in [0, 0.05) is 38.1 Å². The number of nitro groups is 1. The van der Waals surface area contributed by atoms with Crippen LogP contribution in [-0.4, -0.2) is 47.5 Å². The number of benzene rings is 2. The Morgan fingerprint density at radius 3 is 2.59 bits per heavy atom. The fraction of sp³-hybridized carbons (Fsp3) is 0.345. The lowest BCUT2D eigenvalue weighted by atomic mass is 9.86. The highest BCUT2D eigenvalue weighted by Crippen LogP contribution is 2.32. The molecule has 1 aliphatic rings. The molecule has 0 saturated heterocycles. The number of para-hydroxylation sites is 1. The highest BCUT2D eigenvalue weighted by molar-refractivity contribution is 5.92. The number of carbonyl (C=O) groups is 1. The number of nitrogens with one attached hydrogen (secondary N) is 2. The average molecular weight is 529 g/mol. The highest BCUT2D eigenvalue weighted by atomic mass is 16.6. The maximum absolute atomic E-state index is 12.7. The molecule has 0 radical (unpaired) electrons. The first kappa shape index (κ1) is 26.1. The molecule has 0 spiro atoms. The summed E-state index contributed by atoms with van der Waals surface area (Å²) in [5, 5.41) is 19.0. The highest BCUT2D eigenvalue weighted by Gasteiger charge is 2.24. The summed E-state index contributed by atoms with van der Waals surface area (Å²) < 4.78 is 5.70. The lowest BCUT2D eigenvalue weighted by molar-refractivity contribution is -0.384. The molecule has 202 valence electrons. The van der Waals surface area contributed by atoms with Crippen LogP contribution >= 0.6 is 0 Å². The molecule has 0 bridgehead atoms. The van der Waals surface area contributed by atoms with Gasteiger partial charge in [-0.15, -0.1) is 0 Å². The lowest BCUT2D eigenvalue weighted by Crippen LogP contribution is -2.34. The maximum Gasteiger partial charge on any atom is 0.287 e. The minimum absolute atomic E-state index is 0.0475. The summed E-state index contributed by atoms with van der Waals surface area (Å²) in [7, 11) is 3.96. The third kappa shape index (κ3) is 5.84. The van der Waals surface area contributed by atoms with Crippen LogP contribution in [0.2, 0.25) is 0 Å². The van der Waals surface area contributed by atoms with Gasteiger partial charge in [-0.05, 0) is 74.4 Å². The largest absolute Gasteiger partial charge is 0.451 e. The van der Waals surface area contributed by atoms with Gasteiger partial charge >= 0.3 is 0 Å². The first-order valence-corrected chi connectivity index (χ1v) is 13.1. The molecule has 2 heterocycles. The molecule has 1 aliphatic carbocycles. The summed E-state index contributed by atoms with van der Waals surface area (Å²) in [6.45, 7) is 2.34. The number of amides is 1. The zero-order valence-electron chi connectivity index (χ0n) is 22.3. The second-order valence-electron chi connectivity index (χ2n) is 10.3. The fourth-order valence-electron chi connectivity index (χ4n) is 5.09. The number of aryl methyl sites for hydroxylation is 1. The van der Waals surface area contributed by atoms with Gasteiger partial charge in [-0.25, -0.2) is 4.98 Å². The van der Waals surface area contributed by atoms with Gasteiger partial charge in [-0.1, -0.05) is 18.2 Å².